The van der Waals surface area contributed by atoms with Crippen LogP contribution < -0.4 is 11.5 Å². The Kier molecular flexibility index (Phi) is 2.34. The van der Waals surface area contributed by atoms with E-state index in [0.717, 1.165) is 12.8 Å². The lowest BCUT2D eigenvalue weighted by molar-refractivity contribution is -0.119. The van der Waals surface area contributed by atoms with E-state index < -0.39 is 11.9 Å². The van der Waals surface area contributed by atoms with Gasteiger partial charge in [0, 0.05) is 6.42 Å². The molecule has 0 bridgehead atoms. The molecule has 0 aromatic rings. The zero-order valence-corrected chi connectivity index (χ0v) is 6.92. The Bertz CT molecular complexity index is 227. The molecule has 0 aromatic heterocycles. The van der Waals surface area contributed by atoms with Crippen molar-refractivity contribution in [1.29, 1.82) is 5.26 Å². The largest absolute Gasteiger partial charge is 0.368 e. The van der Waals surface area contributed by atoms with Crippen LogP contribution in [0.15, 0.2) is 0 Å². The number of nitriles is 1. The Morgan fingerprint density at radius 2 is 2.25 bits per heavy atom. The van der Waals surface area contributed by atoms with Crippen LogP contribution in [0.4, 0.5) is 0 Å². The first-order valence-electron chi connectivity index (χ1n) is 4.01. The van der Waals surface area contributed by atoms with Gasteiger partial charge in [0.15, 0.2) is 0 Å². The van der Waals surface area contributed by atoms with Crippen LogP contribution in [0.1, 0.15) is 25.7 Å². The van der Waals surface area contributed by atoms with Crippen molar-refractivity contribution < 1.29 is 4.79 Å². The number of nitrogens with two attached hydrogens (primary N) is 2. The van der Waals surface area contributed by atoms with Crippen molar-refractivity contribution in [1.82, 2.24) is 0 Å². The standard InChI is InChI=1S/C8H13N3O/c9-4-3-8(1-2-8)5-6(10)7(11)12/h6H,1-3,5,10H2,(H2,11,12). The minimum absolute atomic E-state index is 0.0171. The number of hydrogen-bond donors (Lipinski definition) is 2. The highest BCUT2D eigenvalue weighted by atomic mass is 16.1. The first kappa shape index (κ1) is 9.01. The van der Waals surface area contributed by atoms with Gasteiger partial charge in [-0.05, 0) is 24.7 Å². The molecule has 1 saturated carbocycles. The summed E-state index contributed by atoms with van der Waals surface area (Å²) < 4.78 is 0. The predicted molar refractivity (Wildman–Crippen MR) is 43.7 cm³/mol. The predicted octanol–water partition coefficient (Wildman–Crippen LogP) is -0.117. The molecule has 1 aliphatic rings. The summed E-state index contributed by atoms with van der Waals surface area (Å²) in [5.41, 5.74) is 10.5. The highest BCUT2D eigenvalue weighted by molar-refractivity contribution is 5.79. The quantitative estimate of drug-likeness (QED) is 0.611. The fourth-order valence-electron chi connectivity index (χ4n) is 1.36. The van der Waals surface area contributed by atoms with E-state index in [-0.39, 0.29) is 5.41 Å². The van der Waals surface area contributed by atoms with Crippen molar-refractivity contribution in [2.75, 3.05) is 0 Å². The van der Waals surface area contributed by atoms with E-state index in [1.165, 1.54) is 0 Å². The summed E-state index contributed by atoms with van der Waals surface area (Å²) in [4.78, 5) is 10.6. The van der Waals surface area contributed by atoms with Crippen LogP contribution in [-0.2, 0) is 4.79 Å². The van der Waals surface area contributed by atoms with Gasteiger partial charge in [0.2, 0.25) is 5.91 Å². The Morgan fingerprint density at radius 3 is 2.58 bits per heavy atom. The molecule has 1 aliphatic carbocycles. The maximum absolute atomic E-state index is 10.6. The van der Waals surface area contributed by atoms with Gasteiger partial charge in [-0.1, -0.05) is 0 Å². The minimum atomic E-state index is -0.583. The molecule has 12 heavy (non-hydrogen) atoms. The zero-order valence-electron chi connectivity index (χ0n) is 6.92. The molecule has 4 N–H and O–H groups in total. The monoisotopic (exact) mass is 167 g/mol. The molecule has 4 nitrogen and oxygen atoms in total. The molecule has 0 spiro atoms. The third kappa shape index (κ3) is 1.95. The van der Waals surface area contributed by atoms with Crippen LogP contribution >= 0.6 is 0 Å². The molecule has 1 amide bonds. The second-order valence-corrected chi connectivity index (χ2v) is 3.55. The molecule has 0 radical (unpaired) electrons. The summed E-state index contributed by atoms with van der Waals surface area (Å²) in [6, 6.07) is 1.52. The summed E-state index contributed by atoms with van der Waals surface area (Å²) in [6.07, 6.45) is 3.06. The van der Waals surface area contributed by atoms with Crippen molar-refractivity contribution in [2.24, 2.45) is 16.9 Å². The molecule has 1 fully saturated rings. The number of rotatable bonds is 4. The van der Waals surface area contributed by atoms with Gasteiger partial charge in [-0.3, -0.25) is 4.79 Å². The maximum Gasteiger partial charge on any atom is 0.234 e. The molecule has 0 saturated heterocycles. The first-order chi connectivity index (χ1) is 5.59. The zero-order chi connectivity index (χ0) is 9.19. The molecule has 1 atom stereocenters. The van der Waals surface area contributed by atoms with Gasteiger partial charge in [0.1, 0.15) is 0 Å². The molecule has 66 valence electrons. The minimum Gasteiger partial charge on any atom is -0.368 e. The van der Waals surface area contributed by atoms with Crippen molar-refractivity contribution in [2.45, 2.75) is 31.7 Å². The van der Waals surface area contributed by atoms with Gasteiger partial charge >= 0.3 is 0 Å². The van der Waals surface area contributed by atoms with Gasteiger partial charge in [-0.15, -0.1) is 0 Å². The first-order valence-corrected chi connectivity index (χ1v) is 4.01. The van der Waals surface area contributed by atoms with Gasteiger partial charge in [0.05, 0.1) is 12.1 Å². The SMILES string of the molecule is N#CCC1(CC(N)C(N)=O)CC1. The number of amides is 1. The molecule has 1 rings (SSSR count). The van der Waals surface area contributed by atoms with Crippen molar-refractivity contribution >= 4 is 5.91 Å². The van der Waals surface area contributed by atoms with E-state index in [0.29, 0.717) is 12.8 Å². The molecule has 0 heterocycles. The second kappa shape index (κ2) is 3.11. The van der Waals surface area contributed by atoms with Crippen LogP contribution in [0.25, 0.3) is 0 Å². The third-order valence-electron chi connectivity index (χ3n) is 2.43. The summed E-state index contributed by atoms with van der Waals surface area (Å²) in [6.45, 7) is 0. The molecule has 0 aliphatic heterocycles. The van der Waals surface area contributed by atoms with Gasteiger partial charge in [0.25, 0.3) is 0 Å². The maximum atomic E-state index is 10.6. The van der Waals surface area contributed by atoms with E-state index in [9.17, 15) is 4.79 Å². The van der Waals surface area contributed by atoms with Crippen molar-refractivity contribution in [3.05, 3.63) is 0 Å². The van der Waals surface area contributed by atoms with Crippen LogP contribution in [0, 0.1) is 16.7 Å². The molecule has 0 aromatic carbocycles. The number of nitrogens with zero attached hydrogens (tertiary/aromatic N) is 1. The van der Waals surface area contributed by atoms with Gasteiger partial charge in [-0.25, -0.2) is 0 Å². The second-order valence-electron chi connectivity index (χ2n) is 3.55. The van der Waals surface area contributed by atoms with Crippen LogP contribution in [0.5, 0.6) is 0 Å². The Labute approximate surface area is 71.5 Å². The number of primary amides is 1. The van der Waals surface area contributed by atoms with E-state index in [4.69, 9.17) is 16.7 Å². The van der Waals surface area contributed by atoms with Crippen LogP contribution in [0.3, 0.4) is 0 Å². The average molecular weight is 167 g/mol. The van der Waals surface area contributed by atoms with Crippen LogP contribution in [-0.4, -0.2) is 11.9 Å². The van der Waals surface area contributed by atoms with E-state index in [1.54, 1.807) is 0 Å². The average Bonchev–Trinajstić information content (AvgIpc) is 2.69. The molecular formula is C8H13N3O. The molecule has 4 heteroatoms. The third-order valence-corrected chi connectivity index (χ3v) is 2.43. The van der Waals surface area contributed by atoms with E-state index >= 15 is 0 Å². The number of carbonyl (C=O) groups is 1. The van der Waals surface area contributed by atoms with Crippen molar-refractivity contribution in [3.8, 4) is 6.07 Å². The normalized spacial score (nSPS) is 21.0. The van der Waals surface area contributed by atoms with Crippen LogP contribution in [0.2, 0.25) is 0 Å². The van der Waals surface area contributed by atoms with E-state index in [2.05, 4.69) is 6.07 Å². The lowest BCUT2D eigenvalue weighted by Gasteiger charge is -2.14. The fraction of sp³-hybridized carbons (Fsp3) is 0.750. The smallest absolute Gasteiger partial charge is 0.234 e. The topological polar surface area (TPSA) is 92.9 Å². The fourth-order valence-corrected chi connectivity index (χ4v) is 1.36. The Hall–Kier alpha value is -1.08. The van der Waals surface area contributed by atoms with Gasteiger partial charge in [-0.2, -0.15) is 5.26 Å². The number of hydrogen-bond acceptors (Lipinski definition) is 3. The van der Waals surface area contributed by atoms with Crippen molar-refractivity contribution in [3.63, 3.8) is 0 Å². The Morgan fingerprint density at radius 1 is 1.67 bits per heavy atom. The highest BCUT2D eigenvalue weighted by Gasteiger charge is 2.44. The van der Waals surface area contributed by atoms with E-state index in [1.807, 2.05) is 0 Å². The summed E-state index contributed by atoms with van der Waals surface area (Å²) in [7, 11) is 0. The summed E-state index contributed by atoms with van der Waals surface area (Å²) in [5.74, 6) is -0.473. The lowest BCUT2D eigenvalue weighted by Crippen LogP contribution is -2.38. The van der Waals surface area contributed by atoms with Gasteiger partial charge < -0.3 is 11.5 Å². The number of carbonyl (C=O) groups excluding carboxylic acids is 1. The summed E-state index contributed by atoms with van der Waals surface area (Å²) >= 11 is 0. The summed E-state index contributed by atoms with van der Waals surface area (Å²) in [5, 5.41) is 8.49. The highest BCUT2D eigenvalue weighted by Crippen LogP contribution is 2.51. The molecular weight excluding hydrogens is 154 g/mol. The lowest BCUT2D eigenvalue weighted by atomic mass is 9.94. The molecule has 1 unspecified atom stereocenters. The Balaban J connectivity index is 2.41.